The molecule has 2 N–H and O–H groups in total. The molecule has 130 valence electrons. The lowest BCUT2D eigenvalue weighted by Crippen LogP contribution is -2.26. The number of para-hydroxylation sites is 1. The van der Waals surface area contributed by atoms with E-state index < -0.39 is 0 Å². The van der Waals surface area contributed by atoms with Gasteiger partial charge >= 0.3 is 0 Å². The van der Waals surface area contributed by atoms with E-state index >= 15 is 0 Å². The number of benzene rings is 2. The summed E-state index contributed by atoms with van der Waals surface area (Å²) < 4.78 is 5.07. The van der Waals surface area contributed by atoms with Crippen molar-refractivity contribution in [2.75, 3.05) is 19.0 Å². The van der Waals surface area contributed by atoms with Crippen molar-refractivity contribution in [1.82, 2.24) is 5.32 Å². The number of nitrogens with one attached hydrogen (secondary N) is 2. The maximum absolute atomic E-state index is 11.8. The van der Waals surface area contributed by atoms with E-state index in [9.17, 15) is 9.59 Å². The molecule has 25 heavy (non-hydrogen) atoms. The number of hydrogen-bond acceptors (Lipinski definition) is 3. The van der Waals surface area contributed by atoms with Gasteiger partial charge < -0.3 is 15.4 Å². The van der Waals surface area contributed by atoms with Crippen LogP contribution in [0.4, 0.5) is 5.69 Å². The van der Waals surface area contributed by atoms with Gasteiger partial charge in [-0.3, -0.25) is 9.59 Å². The quantitative estimate of drug-likeness (QED) is 0.744. The number of halogens is 1. The Balaban J connectivity index is 1.73. The Morgan fingerprint density at radius 3 is 2.52 bits per heavy atom. The molecule has 0 aliphatic heterocycles. The van der Waals surface area contributed by atoms with Gasteiger partial charge in [0.1, 0.15) is 5.75 Å². The monoisotopic (exact) mass is 358 g/mol. The van der Waals surface area contributed by atoms with Crippen LogP contribution in [0.3, 0.4) is 0 Å². The molecule has 2 rings (SSSR count). The first-order valence-corrected chi connectivity index (χ1v) is 8.10. The molecule has 0 saturated heterocycles. The molecular weight excluding hydrogens is 340 g/mol. The van der Waals surface area contributed by atoms with Gasteiger partial charge in [0.25, 0.3) is 0 Å². The molecule has 0 radical (unpaired) electrons. The van der Waals surface area contributed by atoms with Crippen LogP contribution in [0.1, 0.15) is 12.0 Å². The van der Waals surface area contributed by atoms with Gasteiger partial charge in [0.15, 0.2) is 0 Å². The number of methoxy groups -OCH3 is 1. The van der Waals surface area contributed by atoms with Gasteiger partial charge in [0.2, 0.25) is 11.8 Å². The van der Waals surface area contributed by atoms with E-state index in [2.05, 4.69) is 10.6 Å². The van der Waals surface area contributed by atoms with Crippen LogP contribution < -0.4 is 15.4 Å². The zero-order valence-electron chi connectivity index (χ0n) is 13.8. The SMILES string of the molecule is COc1ccc(/C=C/C(=O)NCCC(=O)Nc2ccccc2Cl)cc1. The summed E-state index contributed by atoms with van der Waals surface area (Å²) in [5, 5.41) is 5.84. The van der Waals surface area contributed by atoms with Crippen molar-refractivity contribution in [2.45, 2.75) is 6.42 Å². The predicted octanol–water partition coefficient (Wildman–Crippen LogP) is 3.51. The van der Waals surface area contributed by atoms with Crippen LogP contribution in [0.25, 0.3) is 6.08 Å². The van der Waals surface area contributed by atoms with Crippen LogP contribution in [0.2, 0.25) is 5.02 Å². The van der Waals surface area contributed by atoms with Crippen molar-refractivity contribution in [3.63, 3.8) is 0 Å². The lowest BCUT2D eigenvalue weighted by atomic mass is 10.2. The van der Waals surface area contributed by atoms with Gasteiger partial charge in [-0.25, -0.2) is 0 Å². The number of amides is 2. The number of rotatable bonds is 7. The van der Waals surface area contributed by atoms with Gasteiger partial charge in [-0.2, -0.15) is 0 Å². The van der Waals surface area contributed by atoms with Crippen molar-refractivity contribution in [3.05, 3.63) is 65.2 Å². The molecule has 0 saturated carbocycles. The van der Waals surface area contributed by atoms with Crippen LogP contribution in [-0.4, -0.2) is 25.5 Å². The molecule has 0 aliphatic carbocycles. The highest BCUT2D eigenvalue weighted by molar-refractivity contribution is 6.33. The summed E-state index contributed by atoms with van der Waals surface area (Å²) in [4.78, 5) is 23.6. The second-order valence-corrected chi connectivity index (χ2v) is 5.58. The average molecular weight is 359 g/mol. The van der Waals surface area contributed by atoms with Crippen LogP contribution in [0.5, 0.6) is 5.75 Å². The van der Waals surface area contributed by atoms with Crippen LogP contribution in [-0.2, 0) is 9.59 Å². The average Bonchev–Trinajstić information content (AvgIpc) is 2.62. The van der Waals surface area contributed by atoms with E-state index in [-0.39, 0.29) is 24.8 Å². The summed E-state index contributed by atoms with van der Waals surface area (Å²) in [5.74, 6) is 0.278. The van der Waals surface area contributed by atoms with E-state index in [0.717, 1.165) is 11.3 Å². The zero-order valence-corrected chi connectivity index (χ0v) is 14.5. The van der Waals surface area contributed by atoms with Crippen LogP contribution in [0, 0.1) is 0 Å². The molecule has 6 heteroatoms. The van der Waals surface area contributed by atoms with Crippen molar-refractivity contribution in [2.24, 2.45) is 0 Å². The smallest absolute Gasteiger partial charge is 0.244 e. The summed E-state index contributed by atoms with van der Waals surface area (Å²) in [6.45, 7) is 0.238. The number of ether oxygens (including phenoxy) is 1. The Labute approximate surface area is 151 Å². The molecule has 2 aromatic rings. The van der Waals surface area contributed by atoms with E-state index in [1.54, 1.807) is 37.5 Å². The molecular formula is C19H19ClN2O3. The molecule has 0 unspecified atom stereocenters. The minimum atomic E-state index is -0.263. The van der Waals surface area contributed by atoms with Gasteiger partial charge in [0.05, 0.1) is 17.8 Å². The first kappa shape index (κ1) is 18.5. The van der Waals surface area contributed by atoms with Crippen molar-refractivity contribution < 1.29 is 14.3 Å². The largest absolute Gasteiger partial charge is 0.497 e. The molecule has 2 amide bonds. The molecule has 2 aromatic carbocycles. The molecule has 0 spiro atoms. The molecule has 0 aliphatic rings. The summed E-state index contributed by atoms with van der Waals surface area (Å²) in [6.07, 6.45) is 3.28. The Kier molecular flexibility index (Phi) is 7.04. The second kappa shape index (κ2) is 9.49. The number of carbonyl (C=O) groups is 2. The number of anilines is 1. The Hall–Kier alpha value is -2.79. The number of hydrogen-bond donors (Lipinski definition) is 2. The number of carbonyl (C=O) groups excluding carboxylic acids is 2. The summed E-state index contributed by atoms with van der Waals surface area (Å²) in [6, 6.07) is 14.3. The maximum Gasteiger partial charge on any atom is 0.244 e. The third-order valence-corrected chi connectivity index (χ3v) is 3.67. The first-order chi connectivity index (χ1) is 12.1. The van der Waals surface area contributed by atoms with E-state index in [0.29, 0.717) is 10.7 Å². The molecule has 0 heterocycles. The standard InChI is InChI=1S/C19H19ClN2O3/c1-25-15-9-6-14(7-10-15)8-11-18(23)21-13-12-19(24)22-17-5-3-2-4-16(17)20/h2-11H,12-13H2,1H3,(H,21,23)(H,22,24)/b11-8+. The molecule has 0 aromatic heterocycles. The minimum Gasteiger partial charge on any atom is -0.497 e. The maximum atomic E-state index is 11.8. The van der Waals surface area contributed by atoms with Crippen molar-refractivity contribution in [1.29, 1.82) is 0 Å². The highest BCUT2D eigenvalue weighted by Crippen LogP contribution is 2.20. The highest BCUT2D eigenvalue weighted by Gasteiger charge is 2.05. The fraction of sp³-hybridized carbons (Fsp3) is 0.158. The topological polar surface area (TPSA) is 67.4 Å². The summed E-state index contributed by atoms with van der Waals surface area (Å²) in [7, 11) is 1.60. The Morgan fingerprint density at radius 2 is 1.84 bits per heavy atom. The Bertz CT molecular complexity index is 758. The zero-order chi connectivity index (χ0) is 18.1. The van der Waals surface area contributed by atoms with Gasteiger partial charge in [-0.15, -0.1) is 0 Å². The fourth-order valence-electron chi connectivity index (χ4n) is 2.02. The predicted molar refractivity (Wildman–Crippen MR) is 99.7 cm³/mol. The lowest BCUT2D eigenvalue weighted by molar-refractivity contribution is -0.117. The van der Waals surface area contributed by atoms with Crippen LogP contribution >= 0.6 is 11.6 Å². The molecule has 0 atom stereocenters. The summed E-state index contributed by atoms with van der Waals surface area (Å²) >= 11 is 5.97. The van der Waals surface area contributed by atoms with Crippen molar-refractivity contribution >= 4 is 35.2 Å². The van der Waals surface area contributed by atoms with Gasteiger partial charge in [0, 0.05) is 19.0 Å². The summed E-state index contributed by atoms with van der Waals surface area (Å²) in [5.41, 5.74) is 1.44. The normalized spacial score (nSPS) is 10.5. The molecule has 5 nitrogen and oxygen atoms in total. The third-order valence-electron chi connectivity index (χ3n) is 3.34. The fourth-order valence-corrected chi connectivity index (χ4v) is 2.20. The first-order valence-electron chi connectivity index (χ1n) is 7.73. The molecule has 0 bridgehead atoms. The van der Waals surface area contributed by atoms with E-state index in [1.807, 2.05) is 24.3 Å². The van der Waals surface area contributed by atoms with E-state index in [1.165, 1.54) is 6.08 Å². The second-order valence-electron chi connectivity index (χ2n) is 5.18. The van der Waals surface area contributed by atoms with E-state index in [4.69, 9.17) is 16.3 Å². The molecule has 0 fully saturated rings. The lowest BCUT2D eigenvalue weighted by Gasteiger charge is -2.07. The third kappa shape index (κ3) is 6.31. The van der Waals surface area contributed by atoms with Gasteiger partial charge in [-0.05, 0) is 35.9 Å². The van der Waals surface area contributed by atoms with Gasteiger partial charge in [-0.1, -0.05) is 35.9 Å². The van der Waals surface area contributed by atoms with Crippen molar-refractivity contribution in [3.8, 4) is 5.75 Å². The van der Waals surface area contributed by atoms with Crippen LogP contribution in [0.15, 0.2) is 54.6 Å². The Morgan fingerprint density at radius 1 is 1.12 bits per heavy atom. The minimum absolute atomic E-state index is 0.160. The highest BCUT2D eigenvalue weighted by atomic mass is 35.5.